The Kier molecular flexibility index (Phi) is 5.14. The highest BCUT2D eigenvalue weighted by Crippen LogP contribution is 2.21. The van der Waals surface area contributed by atoms with Gasteiger partial charge in [-0.2, -0.15) is 4.31 Å². The first-order valence-corrected chi connectivity index (χ1v) is 7.99. The number of rotatable bonds is 6. The molecule has 1 rings (SSSR count). The molecule has 0 aliphatic rings. The molecule has 0 heterocycles. The van der Waals surface area contributed by atoms with Crippen LogP contribution < -0.4 is 0 Å². The van der Waals surface area contributed by atoms with Gasteiger partial charge in [-0.05, 0) is 38.5 Å². The summed E-state index contributed by atoms with van der Waals surface area (Å²) in [7, 11) is -3.85. The van der Waals surface area contributed by atoms with Crippen LogP contribution in [0.25, 0.3) is 0 Å². The van der Waals surface area contributed by atoms with Crippen LogP contribution in [0.5, 0.6) is 0 Å². The molecule has 0 saturated carbocycles. The number of aliphatic hydroxyl groups is 1. The fourth-order valence-corrected chi connectivity index (χ4v) is 3.57. The Labute approximate surface area is 125 Å². The Balaban J connectivity index is 3.29. The number of hydrogen-bond acceptors (Lipinski definition) is 4. The van der Waals surface area contributed by atoms with Gasteiger partial charge in [0.2, 0.25) is 10.0 Å². The molecule has 0 atom stereocenters. The first-order valence-electron chi connectivity index (χ1n) is 6.55. The molecule has 0 bridgehead atoms. The predicted octanol–water partition coefficient (Wildman–Crippen LogP) is 1.47. The number of aryl methyl sites for hydroxylation is 1. The van der Waals surface area contributed by atoms with Crippen LogP contribution in [0.3, 0.4) is 0 Å². The van der Waals surface area contributed by atoms with Gasteiger partial charge < -0.3 is 10.2 Å². The topological polar surface area (TPSA) is 94.9 Å². The van der Waals surface area contributed by atoms with Gasteiger partial charge in [-0.3, -0.25) is 0 Å². The van der Waals surface area contributed by atoms with E-state index in [9.17, 15) is 18.3 Å². The van der Waals surface area contributed by atoms with Gasteiger partial charge in [0.1, 0.15) is 0 Å². The molecule has 6 nitrogen and oxygen atoms in total. The Morgan fingerprint density at radius 3 is 2.33 bits per heavy atom. The maximum atomic E-state index is 12.5. The molecule has 0 amide bonds. The molecule has 21 heavy (non-hydrogen) atoms. The third kappa shape index (κ3) is 4.26. The van der Waals surface area contributed by atoms with Crippen molar-refractivity contribution in [3.05, 3.63) is 29.3 Å². The first-order chi connectivity index (χ1) is 9.49. The minimum absolute atomic E-state index is 0.0459. The largest absolute Gasteiger partial charge is 0.478 e. The highest BCUT2D eigenvalue weighted by atomic mass is 32.2. The Bertz CT molecular complexity index is 631. The second kappa shape index (κ2) is 6.13. The molecule has 0 unspecified atom stereocenters. The van der Waals surface area contributed by atoms with Gasteiger partial charge in [0.15, 0.2) is 0 Å². The predicted molar refractivity (Wildman–Crippen MR) is 78.9 cm³/mol. The quantitative estimate of drug-likeness (QED) is 0.829. The van der Waals surface area contributed by atoms with Crippen molar-refractivity contribution in [3.63, 3.8) is 0 Å². The zero-order valence-corrected chi connectivity index (χ0v) is 13.4. The SMILES string of the molecule is CCN(CC(C)(C)O)S(=O)(=O)c1ccc(C)c(C(=O)O)c1. The van der Waals surface area contributed by atoms with Crippen LogP contribution in [-0.2, 0) is 10.0 Å². The summed E-state index contributed by atoms with van der Waals surface area (Å²) in [4.78, 5) is 11.0. The second-order valence-corrected chi connectivity index (χ2v) is 7.46. The lowest BCUT2D eigenvalue weighted by atomic mass is 10.1. The van der Waals surface area contributed by atoms with Gasteiger partial charge in [0.05, 0.1) is 16.1 Å². The van der Waals surface area contributed by atoms with Crippen LogP contribution in [0.15, 0.2) is 23.1 Å². The van der Waals surface area contributed by atoms with Gasteiger partial charge in [-0.1, -0.05) is 13.0 Å². The standard InChI is InChI=1S/C14H21NO5S/c1-5-15(9-14(3,4)18)21(19,20)11-7-6-10(2)12(8-11)13(16)17/h6-8,18H,5,9H2,1-4H3,(H,16,17). The van der Waals surface area contributed by atoms with Crippen molar-refractivity contribution in [2.45, 2.75) is 38.2 Å². The third-order valence-electron chi connectivity index (χ3n) is 2.99. The van der Waals surface area contributed by atoms with Crippen LogP contribution in [0.1, 0.15) is 36.7 Å². The van der Waals surface area contributed by atoms with Crippen molar-refractivity contribution in [1.82, 2.24) is 4.31 Å². The average Bonchev–Trinajstić information content (AvgIpc) is 2.34. The molecule has 7 heteroatoms. The molecular formula is C14H21NO5S. The lowest BCUT2D eigenvalue weighted by molar-refractivity contribution is 0.0600. The molecule has 2 N–H and O–H groups in total. The summed E-state index contributed by atoms with van der Waals surface area (Å²) in [6.45, 7) is 6.42. The van der Waals surface area contributed by atoms with Crippen LogP contribution in [-0.4, -0.2) is 47.6 Å². The molecular weight excluding hydrogens is 294 g/mol. The van der Waals surface area contributed by atoms with Crippen LogP contribution in [0, 0.1) is 6.92 Å². The first kappa shape index (κ1) is 17.6. The normalized spacial score (nSPS) is 12.7. The lowest BCUT2D eigenvalue weighted by Crippen LogP contribution is -2.42. The van der Waals surface area contributed by atoms with E-state index in [1.54, 1.807) is 13.8 Å². The van der Waals surface area contributed by atoms with E-state index >= 15 is 0 Å². The fourth-order valence-electron chi connectivity index (χ4n) is 1.94. The smallest absolute Gasteiger partial charge is 0.335 e. The number of hydrogen-bond donors (Lipinski definition) is 2. The van der Waals surface area contributed by atoms with E-state index in [2.05, 4.69) is 0 Å². The van der Waals surface area contributed by atoms with Crippen molar-refractivity contribution in [2.75, 3.05) is 13.1 Å². The van der Waals surface area contributed by atoms with Crippen LogP contribution in [0.2, 0.25) is 0 Å². The molecule has 1 aromatic carbocycles. The van der Waals surface area contributed by atoms with E-state index in [0.717, 1.165) is 10.4 Å². The monoisotopic (exact) mass is 315 g/mol. The lowest BCUT2D eigenvalue weighted by Gasteiger charge is -2.27. The zero-order chi connectivity index (χ0) is 16.4. The van der Waals surface area contributed by atoms with Crippen molar-refractivity contribution in [1.29, 1.82) is 0 Å². The average molecular weight is 315 g/mol. The second-order valence-electron chi connectivity index (χ2n) is 5.53. The molecule has 0 spiro atoms. The minimum atomic E-state index is -3.85. The summed E-state index contributed by atoms with van der Waals surface area (Å²) in [6.07, 6.45) is 0. The van der Waals surface area contributed by atoms with E-state index in [-0.39, 0.29) is 23.5 Å². The van der Waals surface area contributed by atoms with E-state index < -0.39 is 21.6 Å². The molecule has 0 fully saturated rings. The van der Waals surface area contributed by atoms with Crippen molar-refractivity contribution in [2.24, 2.45) is 0 Å². The Hall–Kier alpha value is -1.44. The highest BCUT2D eigenvalue weighted by molar-refractivity contribution is 7.89. The van der Waals surface area contributed by atoms with E-state index in [1.807, 2.05) is 0 Å². The minimum Gasteiger partial charge on any atom is -0.478 e. The van der Waals surface area contributed by atoms with Crippen LogP contribution in [0.4, 0.5) is 0 Å². The van der Waals surface area contributed by atoms with Gasteiger partial charge in [0.25, 0.3) is 0 Å². The summed E-state index contributed by atoms with van der Waals surface area (Å²) in [5.74, 6) is -1.17. The number of sulfonamides is 1. The maximum Gasteiger partial charge on any atom is 0.335 e. The van der Waals surface area contributed by atoms with Crippen molar-refractivity contribution >= 4 is 16.0 Å². The maximum absolute atomic E-state index is 12.5. The number of aromatic carboxylic acids is 1. The molecule has 1 aromatic rings. The number of nitrogens with zero attached hydrogens (tertiary/aromatic N) is 1. The van der Waals surface area contributed by atoms with Crippen LogP contribution >= 0.6 is 0 Å². The van der Waals surface area contributed by atoms with E-state index in [0.29, 0.717) is 5.56 Å². The van der Waals surface area contributed by atoms with Gasteiger partial charge >= 0.3 is 5.97 Å². The Morgan fingerprint density at radius 2 is 1.90 bits per heavy atom. The zero-order valence-electron chi connectivity index (χ0n) is 12.6. The van der Waals surface area contributed by atoms with E-state index in [4.69, 9.17) is 5.11 Å². The fraction of sp³-hybridized carbons (Fsp3) is 0.500. The number of benzene rings is 1. The van der Waals surface area contributed by atoms with Gasteiger partial charge in [0, 0.05) is 13.1 Å². The number of carboxylic acids is 1. The summed E-state index contributed by atoms with van der Waals surface area (Å²) < 4.78 is 26.2. The summed E-state index contributed by atoms with van der Waals surface area (Å²) in [5.41, 5.74) is -0.731. The molecule has 0 aliphatic heterocycles. The van der Waals surface area contributed by atoms with Gasteiger partial charge in [-0.15, -0.1) is 0 Å². The molecule has 0 aromatic heterocycles. The molecule has 0 radical (unpaired) electrons. The molecule has 0 aliphatic carbocycles. The number of carboxylic acid groups (broad SMARTS) is 1. The number of likely N-dealkylation sites (N-methyl/N-ethyl adjacent to an activating group) is 1. The third-order valence-corrected chi connectivity index (χ3v) is 4.91. The van der Waals surface area contributed by atoms with Crippen molar-refractivity contribution < 1.29 is 23.4 Å². The van der Waals surface area contributed by atoms with E-state index in [1.165, 1.54) is 26.0 Å². The molecule has 118 valence electrons. The number of carbonyl (C=O) groups is 1. The van der Waals surface area contributed by atoms with Crippen molar-refractivity contribution in [3.8, 4) is 0 Å². The van der Waals surface area contributed by atoms with Gasteiger partial charge in [-0.25, -0.2) is 13.2 Å². The summed E-state index contributed by atoms with van der Waals surface area (Å²) >= 11 is 0. The molecule has 0 saturated heterocycles. The highest BCUT2D eigenvalue weighted by Gasteiger charge is 2.29. The summed E-state index contributed by atoms with van der Waals surface area (Å²) in [5, 5.41) is 18.9. The Morgan fingerprint density at radius 1 is 1.33 bits per heavy atom. The summed E-state index contributed by atoms with van der Waals surface area (Å²) in [6, 6.07) is 4.00.